The summed E-state index contributed by atoms with van der Waals surface area (Å²) in [7, 11) is -3.67. The Bertz CT molecular complexity index is 778. The van der Waals surface area contributed by atoms with E-state index in [0.717, 1.165) is 18.4 Å². The SMILES string of the molecule is O=S(=O)(c1cc(Cl)ccc1Cl)N1CCC[C@H]1c1ccccc1. The Labute approximate surface area is 140 Å². The third kappa shape index (κ3) is 2.88. The minimum Gasteiger partial charge on any atom is -0.207 e. The summed E-state index contributed by atoms with van der Waals surface area (Å²) in [6.45, 7) is 0.491. The highest BCUT2D eigenvalue weighted by molar-refractivity contribution is 7.89. The number of hydrogen-bond donors (Lipinski definition) is 0. The van der Waals surface area contributed by atoms with Crippen molar-refractivity contribution in [2.75, 3.05) is 6.54 Å². The van der Waals surface area contributed by atoms with Crippen molar-refractivity contribution < 1.29 is 8.42 Å². The largest absolute Gasteiger partial charge is 0.245 e. The summed E-state index contributed by atoms with van der Waals surface area (Å²) in [4.78, 5) is 0.0736. The zero-order valence-corrected chi connectivity index (χ0v) is 14.1. The molecule has 0 spiro atoms. The van der Waals surface area contributed by atoms with Gasteiger partial charge in [-0.05, 0) is 36.6 Å². The zero-order chi connectivity index (χ0) is 15.7. The van der Waals surface area contributed by atoms with E-state index in [-0.39, 0.29) is 16.0 Å². The molecule has 0 N–H and O–H groups in total. The van der Waals surface area contributed by atoms with E-state index in [4.69, 9.17) is 23.2 Å². The average Bonchev–Trinajstić information content (AvgIpc) is 3.01. The summed E-state index contributed by atoms with van der Waals surface area (Å²) in [5.41, 5.74) is 1.00. The van der Waals surface area contributed by atoms with Gasteiger partial charge in [-0.25, -0.2) is 8.42 Å². The van der Waals surface area contributed by atoms with Gasteiger partial charge in [0.2, 0.25) is 10.0 Å². The van der Waals surface area contributed by atoms with Crippen LogP contribution < -0.4 is 0 Å². The van der Waals surface area contributed by atoms with Crippen molar-refractivity contribution in [2.24, 2.45) is 0 Å². The molecule has 0 radical (unpaired) electrons. The summed E-state index contributed by atoms with van der Waals surface area (Å²) in [5.74, 6) is 0. The topological polar surface area (TPSA) is 37.4 Å². The second-order valence-corrected chi connectivity index (χ2v) is 7.96. The molecular weight excluding hydrogens is 341 g/mol. The molecule has 0 aromatic heterocycles. The quantitative estimate of drug-likeness (QED) is 0.811. The highest BCUT2D eigenvalue weighted by Gasteiger charge is 2.37. The molecule has 116 valence electrons. The smallest absolute Gasteiger partial charge is 0.207 e. The van der Waals surface area contributed by atoms with E-state index >= 15 is 0 Å². The number of benzene rings is 2. The third-order valence-electron chi connectivity index (χ3n) is 3.87. The summed E-state index contributed by atoms with van der Waals surface area (Å²) in [6.07, 6.45) is 1.64. The molecule has 3 nitrogen and oxygen atoms in total. The number of sulfonamides is 1. The van der Waals surface area contributed by atoms with Crippen LogP contribution >= 0.6 is 23.2 Å². The molecular formula is C16H15Cl2NO2S. The first kappa shape index (κ1) is 15.8. The molecule has 1 aliphatic rings. The van der Waals surface area contributed by atoms with Crippen molar-refractivity contribution >= 4 is 33.2 Å². The molecule has 22 heavy (non-hydrogen) atoms. The van der Waals surface area contributed by atoms with Gasteiger partial charge < -0.3 is 0 Å². The summed E-state index contributed by atoms with van der Waals surface area (Å²) >= 11 is 12.0. The van der Waals surface area contributed by atoms with Crippen LogP contribution in [-0.4, -0.2) is 19.3 Å². The molecule has 1 atom stereocenters. The van der Waals surface area contributed by atoms with Crippen molar-refractivity contribution in [2.45, 2.75) is 23.8 Å². The van der Waals surface area contributed by atoms with Gasteiger partial charge in [0.05, 0.1) is 11.1 Å². The minimum atomic E-state index is -3.67. The number of rotatable bonds is 3. The Hall–Kier alpha value is -1.07. The van der Waals surface area contributed by atoms with Crippen LogP contribution in [0.25, 0.3) is 0 Å². The molecule has 0 amide bonds. The van der Waals surface area contributed by atoms with Gasteiger partial charge in [-0.2, -0.15) is 4.31 Å². The van der Waals surface area contributed by atoms with E-state index in [0.29, 0.717) is 11.6 Å². The Morgan fingerprint density at radius 2 is 1.77 bits per heavy atom. The Balaban J connectivity index is 2.03. The van der Waals surface area contributed by atoms with Gasteiger partial charge in [-0.15, -0.1) is 0 Å². The Morgan fingerprint density at radius 3 is 2.50 bits per heavy atom. The summed E-state index contributed by atoms with van der Waals surface area (Å²) < 4.78 is 27.5. The van der Waals surface area contributed by atoms with E-state index in [1.165, 1.54) is 16.4 Å². The Kier molecular flexibility index (Phi) is 4.46. The number of halogens is 2. The molecule has 0 bridgehead atoms. The maximum absolute atomic E-state index is 13.0. The predicted molar refractivity (Wildman–Crippen MR) is 88.8 cm³/mol. The molecule has 0 unspecified atom stereocenters. The van der Waals surface area contributed by atoms with Crippen molar-refractivity contribution in [1.29, 1.82) is 0 Å². The van der Waals surface area contributed by atoms with Crippen LogP contribution in [0.2, 0.25) is 10.0 Å². The van der Waals surface area contributed by atoms with E-state index < -0.39 is 10.0 Å². The Morgan fingerprint density at radius 1 is 1.05 bits per heavy atom. The van der Waals surface area contributed by atoms with Crippen LogP contribution in [0.15, 0.2) is 53.4 Å². The molecule has 1 aliphatic heterocycles. The molecule has 0 saturated carbocycles. The van der Waals surface area contributed by atoms with Crippen LogP contribution in [-0.2, 0) is 10.0 Å². The van der Waals surface area contributed by atoms with Crippen LogP contribution in [0.1, 0.15) is 24.4 Å². The van der Waals surface area contributed by atoms with E-state index in [2.05, 4.69) is 0 Å². The van der Waals surface area contributed by atoms with Crippen molar-refractivity contribution in [1.82, 2.24) is 4.31 Å². The molecule has 2 aromatic rings. The first-order valence-corrected chi connectivity index (χ1v) is 9.21. The maximum atomic E-state index is 13.0. The molecule has 0 aliphatic carbocycles. The lowest BCUT2D eigenvalue weighted by atomic mass is 10.1. The number of nitrogens with zero attached hydrogens (tertiary/aromatic N) is 1. The van der Waals surface area contributed by atoms with Crippen LogP contribution in [0.3, 0.4) is 0 Å². The first-order chi connectivity index (χ1) is 10.5. The third-order valence-corrected chi connectivity index (χ3v) is 6.49. The van der Waals surface area contributed by atoms with Crippen LogP contribution in [0.4, 0.5) is 0 Å². The fourth-order valence-corrected chi connectivity index (χ4v) is 5.26. The lowest BCUT2D eigenvalue weighted by Gasteiger charge is -2.25. The van der Waals surface area contributed by atoms with Gasteiger partial charge in [0.25, 0.3) is 0 Å². The lowest BCUT2D eigenvalue weighted by molar-refractivity contribution is 0.397. The van der Waals surface area contributed by atoms with E-state index in [1.54, 1.807) is 6.07 Å². The average molecular weight is 356 g/mol. The summed E-state index contributed by atoms with van der Waals surface area (Å²) in [6, 6.07) is 14.0. The highest BCUT2D eigenvalue weighted by atomic mass is 35.5. The van der Waals surface area contributed by atoms with Crippen molar-refractivity contribution in [3.05, 3.63) is 64.1 Å². The van der Waals surface area contributed by atoms with Gasteiger partial charge in [0.15, 0.2) is 0 Å². The zero-order valence-electron chi connectivity index (χ0n) is 11.7. The summed E-state index contributed by atoms with van der Waals surface area (Å²) in [5, 5.41) is 0.557. The monoisotopic (exact) mass is 355 g/mol. The second kappa shape index (κ2) is 6.20. The molecule has 3 rings (SSSR count). The minimum absolute atomic E-state index is 0.0736. The van der Waals surface area contributed by atoms with E-state index in [1.807, 2.05) is 30.3 Å². The van der Waals surface area contributed by atoms with E-state index in [9.17, 15) is 8.42 Å². The first-order valence-electron chi connectivity index (χ1n) is 7.02. The van der Waals surface area contributed by atoms with Gasteiger partial charge in [-0.3, -0.25) is 0 Å². The molecule has 1 fully saturated rings. The van der Waals surface area contributed by atoms with Gasteiger partial charge in [0.1, 0.15) is 4.90 Å². The van der Waals surface area contributed by atoms with Crippen molar-refractivity contribution in [3.8, 4) is 0 Å². The fourth-order valence-electron chi connectivity index (χ4n) is 2.84. The molecule has 1 saturated heterocycles. The molecule has 6 heteroatoms. The maximum Gasteiger partial charge on any atom is 0.245 e. The van der Waals surface area contributed by atoms with Gasteiger partial charge >= 0.3 is 0 Å². The number of hydrogen-bond acceptors (Lipinski definition) is 2. The standard InChI is InChI=1S/C16H15Cl2NO2S/c17-13-8-9-14(18)16(11-13)22(20,21)19-10-4-7-15(19)12-5-2-1-3-6-12/h1-3,5-6,8-9,11,15H,4,7,10H2/t15-/m0/s1. The second-order valence-electron chi connectivity index (χ2n) is 5.26. The highest BCUT2D eigenvalue weighted by Crippen LogP contribution is 2.38. The predicted octanol–water partition coefficient (Wildman–Crippen LogP) is 4.52. The normalized spacial score (nSPS) is 19.5. The van der Waals surface area contributed by atoms with Crippen molar-refractivity contribution in [3.63, 3.8) is 0 Å². The van der Waals surface area contributed by atoms with Gasteiger partial charge in [-0.1, -0.05) is 53.5 Å². The fraction of sp³-hybridized carbons (Fsp3) is 0.250. The van der Waals surface area contributed by atoms with Gasteiger partial charge in [0, 0.05) is 11.6 Å². The molecule has 1 heterocycles. The van der Waals surface area contributed by atoms with Crippen LogP contribution in [0.5, 0.6) is 0 Å². The lowest BCUT2D eigenvalue weighted by Crippen LogP contribution is -2.30. The van der Waals surface area contributed by atoms with Crippen LogP contribution in [0, 0.1) is 0 Å². The molecule has 2 aromatic carbocycles.